The van der Waals surface area contributed by atoms with Gasteiger partial charge >= 0.3 is 0 Å². The van der Waals surface area contributed by atoms with Crippen LogP contribution in [-0.2, 0) is 23.1 Å². The van der Waals surface area contributed by atoms with Gasteiger partial charge in [0.2, 0.25) is 10.0 Å². The molecule has 0 saturated heterocycles. The van der Waals surface area contributed by atoms with Gasteiger partial charge in [0.05, 0.1) is 13.7 Å². The van der Waals surface area contributed by atoms with Gasteiger partial charge in [0.1, 0.15) is 10.6 Å². The third-order valence-electron chi connectivity index (χ3n) is 5.34. The van der Waals surface area contributed by atoms with E-state index in [2.05, 4.69) is 10.0 Å². The molecule has 4 rings (SSSR count). The summed E-state index contributed by atoms with van der Waals surface area (Å²) < 4.78 is 34.7. The SMILES string of the molecule is COc1ccc(C(=O)NCc2ccc(Cn3ccccc3=O)cc2)cc1S(=O)(=O)NC1CC1. The lowest BCUT2D eigenvalue weighted by molar-refractivity contribution is 0.0950. The molecule has 9 heteroatoms. The van der Waals surface area contributed by atoms with Gasteiger partial charge in [-0.1, -0.05) is 30.3 Å². The second-order valence-electron chi connectivity index (χ2n) is 7.93. The van der Waals surface area contributed by atoms with Crippen LogP contribution in [0.4, 0.5) is 0 Å². The van der Waals surface area contributed by atoms with Crippen molar-refractivity contribution in [3.05, 3.63) is 93.9 Å². The molecule has 0 unspecified atom stereocenters. The summed E-state index contributed by atoms with van der Waals surface area (Å²) in [7, 11) is -2.38. The van der Waals surface area contributed by atoms with Crippen LogP contribution >= 0.6 is 0 Å². The Kier molecular flexibility index (Phi) is 6.62. The Morgan fingerprint density at radius 3 is 2.45 bits per heavy atom. The van der Waals surface area contributed by atoms with Crippen LogP contribution in [0, 0.1) is 0 Å². The molecule has 1 amide bonds. The highest BCUT2D eigenvalue weighted by molar-refractivity contribution is 7.89. The minimum absolute atomic E-state index is 0.0509. The van der Waals surface area contributed by atoms with Gasteiger partial charge in [0.25, 0.3) is 11.5 Å². The number of methoxy groups -OCH3 is 1. The normalized spacial score (nSPS) is 13.5. The lowest BCUT2D eigenvalue weighted by Gasteiger charge is -2.12. The lowest BCUT2D eigenvalue weighted by atomic mass is 10.1. The number of aromatic nitrogens is 1. The largest absolute Gasteiger partial charge is 0.495 e. The van der Waals surface area contributed by atoms with E-state index in [4.69, 9.17) is 4.74 Å². The number of carbonyl (C=O) groups excluding carboxylic acids is 1. The van der Waals surface area contributed by atoms with Crippen molar-refractivity contribution in [3.63, 3.8) is 0 Å². The third-order valence-corrected chi connectivity index (χ3v) is 6.88. The summed E-state index contributed by atoms with van der Waals surface area (Å²) >= 11 is 0. The van der Waals surface area contributed by atoms with Crippen molar-refractivity contribution in [1.29, 1.82) is 0 Å². The van der Waals surface area contributed by atoms with Crippen molar-refractivity contribution in [2.24, 2.45) is 0 Å². The van der Waals surface area contributed by atoms with Gasteiger partial charge in [-0.05, 0) is 48.2 Å². The minimum atomic E-state index is -3.78. The Balaban J connectivity index is 1.42. The van der Waals surface area contributed by atoms with Crippen LogP contribution in [0.25, 0.3) is 0 Å². The van der Waals surface area contributed by atoms with Crippen LogP contribution in [0.2, 0.25) is 0 Å². The van der Waals surface area contributed by atoms with E-state index >= 15 is 0 Å². The molecule has 0 aliphatic heterocycles. The zero-order valence-electron chi connectivity index (χ0n) is 18.2. The number of nitrogens with one attached hydrogen (secondary N) is 2. The smallest absolute Gasteiger partial charge is 0.251 e. The summed E-state index contributed by atoms with van der Waals surface area (Å²) in [6.07, 6.45) is 3.35. The molecule has 1 aliphatic carbocycles. The first-order valence-electron chi connectivity index (χ1n) is 10.6. The summed E-state index contributed by atoms with van der Waals surface area (Å²) in [5.41, 5.74) is 2.00. The molecule has 1 fully saturated rings. The van der Waals surface area contributed by atoms with Crippen molar-refractivity contribution >= 4 is 15.9 Å². The second-order valence-corrected chi connectivity index (χ2v) is 9.61. The molecule has 0 spiro atoms. The summed E-state index contributed by atoms with van der Waals surface area (Å²) in [5.74, 6) is -0.201. The van der Waals surface area contributed by atoms with Gasteiger partial charge in [0.15, 0.2) is 0 Å². The maximum Gasteiger partial charge on any atom is 0.251 e. The Bertz CT molecular complexity index is 1310. The van der Waals surface area contributed by atoms with Gasteiger partial charge < -0.3 is 14.6 Å². The van der Waals surface area contributed by atoms with Crippen molar-refractivity contribution < 1.29 is 17.9 Å². The molecule has 1 aromatic heterocycles. The Labute approximate surface area is 192 Å². The van der Waals surface area contributed by atoms with Crippen LogP contribution in [0.15, 0.2) is 76.6 Å². The molecule has 33 heavy (non-hydrogen) atoms. The highest BCUT2D eigenvalue weighted by Crippen LogP contribution is 2.28. The Hall–Kier alpha value is -3.43. The fourth-order valence-corrected chi connectivity index (χ4v) is 4.85. The van der Waals surface area contributed by atoms with Crippen LogP contribution in [0.5, 0.6) is 5.75 Å². The number of benzene rings is 2. The van der Waals surface area contributed by atoms with Gasteiger partial charge in [-0.3, -0.25) is 9.59 Å². The van der Waals surface area contributed by atoms with Crippen LogP contribution in [0.3, 0.4) is 0 Å². The Morgan fingerprint density at radius 1 is 1.06 bits per heavy atom. The molecular weight excluding hydrogens is 442 g/mol. The van der Waals surface area contributed by atoms with E-state index < -0.39 is 10.0 Å². The summed E-state index contributed by atoms with van der Waals surface area (Å²) in [6.45, 7) is 0.739. The van der Waals surface area contributed by atoms with Gasteiger partial charge in [-0.2, -0.15) is 0 Å². The first-order chi connectivity index (χ1) is 15.9. The molecule has 0 radical (unpaired) electrons. The fraction of sp³-hybridized carbons (Fsp3) is 0.250. The number of hydrogen-bond acceptors (Lipinski definition) is 5. The standard InChI is InChI=1S/C24H25N3O5S/c1-32-21-12-9-19(14-22(21)33(30,31)26-20-10-11-20)24(29)25-15-17-5-7-18(8-6-17)16-27-13-3-2-4-23(27)28/h2-9,12-14,20,26H,10-11,15-16H2,1H3,(H,25,29). The number of hydrogen-bond donors (Lipinski definition) is 2. The molecular formula is C24H25N3O5S. The summed E-state index contributed by atoms with van der Waals surface area (Å²) in [6, 6.07) is 16.9. The average Bonchev–Trinajstić information content (AvgIpc) is 3.63. The molecule has 1 saturated carbocycles. The molecule has 2 N–H and O–H groups in total. The fourth-order valence-electron chi connectivity index (χ4n) is 3.35. The second kappa shape index (κ2) is 9.60. The van der Waals surface area contributed by atoms with Gasteiger partial charge in [-0.25, -0.2) is 13.1 Å². The zero-order valence-corrected chi connectivity index (χ0v) is 19.0. The molecule has 1 aliphatic rings. The molecule has 8 nitrogen and oxygen atoms in total. The molecule has 0 atom stereocenters. The zero-order chi connectivity index (χ0) is 23.4. The molecule has 3 aromatic rings. The molecule has 1 heterocycles. The average molecular weight is 468 g/mol. The quantitative estimate of drug-likeness (QED) is 0.502. The van der Waals surface area contributed by atoms with E-state index in [1.54, 1.807) is 16.8 Å². The molecule has 172 valence electrons. The number of ether oxygens (including phenoxy) is 1. The number of amides is 1. The number of nitrogens with zero attached hydrogens (tertiary/aromatic N) is 1. The first kappa shape index (κ1) is 22.8. The predicted molar refractivity (Wildman–Crippen MR) is 124 cm³/mol. The van der Waals surface area contributed by atoms with Crippen molar-refractivity contribution in [2.75, 3.05) is 7.11 Å². The van der Waals surface area contributed by atoms with Crippen LogP contribution < -0.4 is 20.3 Å². The Morgan fingerprint density at radius 2 is 1.79 bits per heavy atom. The van der Waals surface area contributed by atoms with Crippen molar-refractivity contribution in [2.45, 2.75) is 36.9 Å². The highest BCUT2D eigenvalue weighted by atomic mass is 32.2. The summed E-state index contributed by atoms with van der Waals surface area (Å²) in [4.78, 5) is 24.5. The van der Waals surface area contributed by atoms with E-state index in [0.29, 0.717) is 6.54 Å². The number of rotatable bonds is 9. The molecule has 0 bridgehead atoms. The maximum absolute atomic E-state index is 12.7. The topological polar surface area (TPSA) is 106 Å². The number of pyridine rings is 1. The van der Waals surface area contributed by atoms with Crippen molar-refractivity contribution in [1.82, 2.24) is 14.6 Å². The van der Waals surface area contributed by atoms with Crippen LogP contribution in [-0.4, -0.2) is 32.0 Å². The number of sulfonamides is 1. The van der Waals surface area contributed by atoms with Gasteiger partial charge in [0, 0.05) is 30.4 Å². The number of carbonyl (C=O) groups is 1. The highest BCUT2D eigenvalue weighted by Gasteiger charge is 2.30. The van der Waals surface area contributed by atoms with E-state index in [9.17, 15) is 18.0 Å². The van der Waals surface area contributed by atoms with Crippen LogP contribution in [0.1, 0.15) is 34.3 Å². The maximum atomic E-state index is 12.7. The van der Waals surface area contributed by atoms with E-state index in [0.717, 1.165) is 24.0 Å². The van der Waals surface area contributed by atoms with Gasteiger partial charge in [-0.15, -0.1) is 0 Å². The lowest BCUT2D eigenvalue weighted by Crippen LogP contribution is -2.27. The first-order valence-corrected chi connectivity index (χ1v) is 12.1. The van der Waals surface area contributed by atoms with Crippen molar-refractivity contribution in [3.8, 4) is 5.75 Å². The monoisotopic (exact) mass is 467 g/mol. The third kappa shape index (κ3) is 5.68. The minimum Gasteiger partial charge on any atom is -0.495 e. The summed E-state index contributed by atoms with van der Waals surface area (Å²) in [5, 5.41) is 2.81. The van der Waals surface area contributed by atoms with E-state index in [1.807, 2.05) is 30.3 Å². The van der Waals surface area contributed by atoms with E-state index in [1.165, 1.54) is 31.4 Å². The van der Waals surface area contributed by atoms with E-state index in [-0.39, 0.29) is 40.3 Å². The molecule has 2 aromatic carbocycles. The predicted octanol–water partition coefficient (Wildman–Crippen LogP) is 2.28.